The molecule has 1 saturated carbocycles. The highest BCUT2D eigenvalue weighted by Crippen LogP contribution is 2.40. The van der Waals surface area contributed by atoms with E-state index < -0.39 is 83.9 Å². The fourth-order valence-corrected chi connectivity index (χ4v) is 9.49. The molecule has 3 fully saturated rings. The summed E-state index contributed by atoms with van der Waals surface area (Å²) >= 11 is 0. The van der Waals surface area contributed by atoms with E-state index in [0.717, 1.165) is 5.57 Å². The van der Waals surface area contributed by atoms with E-state index in [0.29, 0.717) is 56.9 Å². The molecule has 13 nitrogen and oxygen atoms in total. The number of carbonyl (C=O) groups is 4. The molecule has 2 saturated heterocycles. The molecule has 4 rings (SSSR count). The van der Waals surface area contributed by atoms with Crippen LogP contribution in [-0.2, 0) is 42.9 Å². The lowest BCUT2D eigenvalue weighted by molar-refractivity contribution is -0.305. The summed E-state index contributed by atoms with van der Waals surface area (Å²) in [7, 11) is 4.59. The first-order chi connectivity index (χ1) is 27.0. The van der Waals surface area contributed by atoms with Gasteiger partial charge < -0.3 is 43.9 Å². The number of ketones is 2. The van der Waals surface area contributed by atoms with Crippen molar-refractivity contribution in [2.75, 3.05) is 27.9 Å². The van der Waals surface area contributed by atoms with Gasteiger partial charge in [0.1, 0.15) is 24.0 Å². The average molecular weight is 804 g/mol. The molecule has 0 aromatic heterocycles. The molecule has 14 atom stereocenters. The van der Waals surface area contributed by atoms with E-state index in [2.05, 4.69) is 6.58 Å². The SMILES string of the molecule is C=CC[C@@H]1/C=C(\C)C[C@H](C)[C@H](OC)[C@@H]2O[C@@](O)(C(=O)C(=O)N3CCCCC[C@H]3C(=O)O[C@H](/C(C)=C/[C@@H]3CC[C@@H](O)[C@H](OC)C3)[C@H](C)[C@@H](O)CC1=O)[C@H](C)C[C@@H]2OC. The molecule has 0 unspecified atom stereocenters. The van der Waals surface area contributed by atoms with Crippen molar-refractivity contribution in [2.45, 2.75) is 160 Å². The van der Waals surface area contributed by atoms with Gasteiger partial charge in [0.2, 0.25) is 5.79 Å². The van der Waals surface area contributed by atoms with Gasteiger partial charge in [-0.05, 0) is 82.6 Å². The minimum Gasteiger partial charge on any atom is -0.456 e. The highest BCUT2D eigenvalue weighted by molar-refractivity contribution is 6.39. The molecule has 0 spiro atoms. The van der Waals surface area contributed by atoms with Crippen molar-refractivity contribution in [1.29, 1.82) is 0 Å². The molecule has 4 aliphatic rings. The van der Waals surface area contributed by atoms with Gasteiger partial charge in [-0.1, -0.05) is 57.4 Å². The van der Waals surface area contributed by atoms with Crippen molar-refractivity contribution >= 4 is 23.4 Å². The third kappa shape index (κ3) is 11.1. The number of ether oxygens (including phenoxy) is 5. The predicted molar refractivity (Wildman–Crippen MR) is 213 cm³/mol. The van der Waals surface area contributed by atoms with E-state index in [1.807, 2.05) is 32.9 Å². The van der Waals surface area contributed by atoms with Gasteiger partial charge in [0.05, 0.1) is 30.5 Å². The third-order valence-electron chi connectivity index (χ3n) is 13.0. The lowest BCUT2D eigenvalue weighted by Crippen LogP contribution is -2.64. The van der Waals surface area contributed by atoms with Crippen LogP contribution < -0.4 is 0 Å². The Bertz CT molecular complexity index is 1480. The van der Waals surface area contributed by atoms with Gasteiger partial charge >= 0.3 is 5.97 Å². The van der Waals surface area contributed by atoms with Gasteiger partial charge in [0.25, 0.3) is 11.7 Å². The molecule has 3 aliphatic heterocycles. The van der Waals surface area contributed by atoms with Gasteiger partial charge in [-0.3, -0.25) is 14.4 Å². The number of nitrogens with zero attached hydrogens (tertiary/aromatic N) is 1. The first-order valence-corrected chi connectivity index (χ1v) is 20.9. The van der Waals surface area contributed by atoms with Crippen molar-refractivity contribution in [1.82, 2.24) is 4.90 Å². The summed E-state index contributed by atoms with van der Waals surface area (Å²) in [6, 6.07) is -1.15. The zero-order valence-corrected chi connectivity index (χ0v) is 35.4. The zero-order chi connectivity index (χ0) is 42.2. The number of cyclic esters (lactones) is 1. The number of hydrogen-bond acceptors (Lipinski definition) is 12. The largest absolute Gasteiger partial charge is 0.456 e. The Kier molecular flexibility index (Phi) is 17.2. The van der Waals surface area contributed by atoms with E-state index in [-0.39, 0.29) is 49.5 Å². The summed E-state index contributed by atoms with van der Waals surface area (Å²) in [5.74, 6) is -8.11. The molecule has 0 aromatic carbocycles. The standard InChI is InChI=1S/C44H69NO12/c1-10-14-31-20-25(2)19-26(3)39(55-9)40-37(54-8)22-28(5)44(52,57-40)41(49)42(50)45-18-13-11-12-15-32(45)43(51)56-38(29(6)34(47)24-35(31)48)27(4)21-30-16-17-33(46)36(23-30)53-7/h10,20-21,26,28-34,36-40,46-47,52H,1,11-19,22-24H2,2-9H3/b25-20+,27-21+/t26-,28+,29+,30-,31+,32-,33+,34-,36+,37-,38+,39-,40+,44+/m0/s1. The first kappa shape index (κ1) is 46.9. The lowest BCUT2D eigenvalue weighted by Gasteiger charge is -2.47. The van der Waals surface area contributed by atoms with Gasteiger partial charge in [0, 0.05) is 52.0 Å². The summed E-state index contributed by atoms with van der Waals surface area (Å²) in [6.07, 6.45) is 4.80. The highest BCUT2D eigenvalue weighted by Gasteiger charge is 2.57. The van der Waals surface area contributed by atoms with Crippen molar-refractivity contribution in [2.24, 2.45) is 29.6 Å². The van der Waals surface area contributed by atoms with Gasteiger partial charge in [-0.25, -0.2) is 4.79 Å². The molecule has 3 N–H and O–H groups in total. The molecule has 322 valence electrons. The summed E-state index contributed by atoms with van der Waals surface area (Å²) in [5, 5.41) is 34.3. The molecular formula is C44H69NO12. The summed E-state index contributed by atoms with van der Waals surface area (Å²) < 4.78 is 29.9. The zero-order valence-electron chi connectivity index (χ0n) is 35.4. The molecule has 1 amide bonds. The summed E-state index contributed by atoms with van der Waals surface area (Å²) in [4.78, 5) is 58.3. The van der Waals surface area contributed by atoms with Crippen molar-refractivity contribution < 1.29 is 58.2 Å². The van der Waals surface area contributed by atoms with E-state index in [4.69, 9.17) is 23.7 Å². The van der Waals surface area contributed by atoms with Crippen LogP contribution in [0.2, 0.25) is 0 Å². The fraction of sp³-hybridized carbons (Fsp3) is 0.773. The molecule has 3 heterocycles. The van der Waals surface area contributed by atoms with Crippen LogP contribution in [-0.4, -0.2) is 126 Å². The van der Waals surface area contributed by atoms with Gasteiger partial charge in [0.15, 0.2) is 0 Å². The van der Waals surface area contributed by atoms with Crippen molar-refractivity contribution in [3.63, 3.8) is 0 Å². The second kappa shape index (κ2) is 21.0. The number of carbonyl (C=O) groups excluding carboxylic acids is 4. The van der Waals surface area contributed by atoms with E-state index in [1.165, 1.54) is 19.1 Å². The predicted octanol–water partition coefficient (Wildman–Crippen LogP) is 4.64. The van der Waals surface area contributed by atoms with Crippen LogP contribution in [0, 0.1) is 29.6 Å². The average Bonchev–Trinajstić information content (AvgIpc) is 3.44. The van der Waals surface area contributed by atoms with Crippen LogP contribution in [0.25, 0.3) is 0 Å². The van der Waals surface area contributed by atoms with E-state index in [1.54, 1.807) is 27.0 Å². The Morgan fingerprint density at radius 2 is 1.65 bits per heavy atom. The molecular weight excluding hydrogens is 734 g/mol. The number of aliphatic hydroxyl groups excluding tert-OH is 2. The Hall–Kier alpha value is -2.78. The van der Waals surface area contributed by atoms with Crippen LogP contribution in [0.1, 0.15) is 105 Å². The molecule has 1 aliphatic carbocycles. The Morgan fingerprint density at radius 3 is 2.30 bits per heavy atom. The molecule has 13 heteroatoms. The number of esters is 1. The number of hydrogen-bond donors (Lipinski definition) is 3. The maximum absolute atomic E-state index is 14.4. The number of methoxy groups -OCH3 is 3. The summed E-state index contributed by atoms with van der Waals surface area (Å²) in [5.41, 5.74) is 1.53. The van der Waals surface area contributed by atoms with E-state index in [9.17, 15) is 34.5 Å². The van der Waals surface area contributed by atoms with Crippen LogP contribution in [0.4, 0.5) is 0 Å². The first-order valence-electron chi connectivity index (χ1n) is 20.9. The Morgan fingerprint density at radius 1 is 0.947 bits per heavy atom. The minimum atomic E-state index is -2.53. The quantitative estimate of drug-likeness (QED) is 0.185. The number of aliphatic hydroxyl groups is 3. The normalized spacial score (nSPS) is 41.0. The molecule has 0 aromatic rings. The number of allylic oxidation sites excluding steroid dienone is 4. The number of fused-ring (bicyclic) bond motifs is 3. The second-order valence-electron chi connectivity index (χ2n) is 17.2. The van der Waals surface area contributed by atoms with Crippen LogP contribution in [0.15, 0.2) is 36.0 Å². The van der Waals surface area contributed by atoms with Crippen LogP contribution in [0.3, 0.4) is 0 Å². The van der Waals surface area contributed by atoms with Gasteiger partial charge in [-0.15, -0.1) is 6.58 Å². The van der Waals surface area contributed by atoms with Crippen LogP contribution in [0.5, 0.6) is 0 Å². The lowest BCUT2D eigenvalue weighted by atomic mass is 9.80. The number of Topliss-reactive ketones (excluding diaryl/α,β-unsaturated/α-hetero) is 2. The van der Waals surface area contributed by atoms with Gasteiger partial charge in [-0.2, -0.15) is 0 Å². The molecule has 57 heavy (non-hydrogen) atoms. The Balaban J connectivity index is 1.81. The smallest absolute Gasteiger partial charge is 0.329 e. The summed E-state index contributed by atoms with van der Waals surface area (Å²) in [6.45, 7) is 13.0. The Labute approximate surface area is 339 Å². The topological polar surface area (TPSA) is 178 Å². The van der Waals surface area contributed by atoms with Crippen LogP contribution >= 0.6 is 0 Å². The fourth-order valence-electron chi connectivity index (χ4n) is 9.49. The van der Waals surface area contributed by atoms with Crippen molar-refractivity contribution in [3.05, 3.63) is 36.0 Å². The molecule has 0 radical (unpaired) electrons. The van der Waals surface area contributed by atoms with Crippen molar-refractivity contribution in [3.8, 4) is 0 Å². The number of rotatable bonds is 7. The maximum atomic E-state index is 14.4. The maximum Gasteiger partial charge on any atom is 0.329 e. The second-order valence-corrected chi connectivity index (χ2v) is 17.2. The number of amides is 1. The van der Waals surface area contributed by atoms with E-state index >= 15 is 0 Å². The minimum absolute atomic E-state index is 0.0115. The molecule has 2 bridgehead atoms. The monoisotopic (exact) mass is 803 g/mol. The third-order valence-corrected chi connectivity index (χ3v) is 13.0. The highest BCUT2D eigenvalue weighted by atomic mass is 16.7.